The fraction of sp³-hybridized carbons (Fsp3) is 0.250. The molecule has 3 nitrogen and oxygen atoms in total. The number of oxazole rings is 1. The number of pyridine rings is 1. The third kappa shape index (κ3) is 0.888. The fourth-order valence-corrected chi connectivity index (χ4v) is 0.980. The van der Waals surface area contributed by atoms with E-state index in [2.05, 4.69) is 9.97 Å². The van der Waals surface area contributed by atoms with Crippen molar-refractivity contribution in [3.8, 4) is 0 Å². The molecule has 0 saturated carbocycles. The number of nitrogens with zero attached hydrogens (tertiary/aromatic N) is 2. The highest BCUT2D eigenvalue weighted by Gasteiger charge is 2.01. The molecule has 2 heterocycles. The van der Waals surface area contributed by atoms with Crippen LogP contribution >= 0.6 is 0 Å². The summed E-state index contributed by atoms with van der Waals surface area (Å²) in [6.45, 7) is 3.97. The second-order valence-corrected chi connectivity index (χ2v) is 2.56. The molecule has 0 fully saturated rings. The van der Waals surface area contributed by atoms with E-state index < -0.39 is 0 Å². The summed E-state index contributed by atoms with van der Waals surface area (Å²) in [5.74, 6) is 0. The first-order valence-corrected chi connectivity index (χ1v) is 3.45. The summed E-state index contributed by atoms with van der Waals surface area (Å²) < 4.78 is 5.08. The van der Waals surface area contributed by atoms with Crippen LogP contribution in [0.2, 0.25) is 0 Å². The van der Waals surface area contributed by atoms with Crippen molar-refractivity contribution in [2.75, 3.05) is 0 Å². The van der Waals surface area contributed by atoms with Gasteiger partial charge in [-0.1, -0.05) is 0 Å². The van der Waals surface area contributed by atoms with Gasteiger partial charge in [-0.15, -0.1) is 0 Å². The minimum absolute atomic E-state index is 0.688. The molecule has 56 valence electrons. The van der Waals surface area contributed by atoms with E-state index >= 15 is 0 Å². The molecule has 2 rings (SSSR count). The molecule has 0 aromatic carbocycles. The SMILES string of the molecule is Cc1cc2ocnc2nc1C. The molecular formula is C8H8N2O. The van der Waals surface area contributed by atoms with Gasteiger partial charge in [-0.2, -0.15) is 4.98 Å². The van der Waals surface area contributed by atoms with Crippen molar-refractivity contribution in [1.29, 1.82) is 0 Å². The molecule has 0 atom stereocenters. The molecule has 2 aromatic rings. The van der Waals surface area contributed by atoms with E-state index in [1.807, 2.05) is 19.9 Å². The maximum absolute atomic E-state index is 5.08. The Morgan fingerprint density at radius 2 is 2.18 bits per heavy atom. The predicted molar refractivity (Wildman–Crippen MR) is 41.3 cm³/mol. The second kappa shape index (κ2) is 2.05. The number of aryl methyl sites for hydroxylation is 2. The van der Waals surface area contributed by atoms with Crippen molar-refractivity contribution < 1.29 is 4.42 Å². The van der Waals surface area contributed by atoms with Crippen LogP contribution in [-0.2, 0) is 0 Å². The monoisotopic (exact) mass is 148 g/mol. The molecule has 0 N–H and O–H groups in total. The molecule has 0 aliphatic carbocycles. The Kier molecular flexibility index (Phi) is 1.18. The van der Waals surface area contributed by atoms with Gasteiger partial charge in [0.2, 0.25) is 0 Å². The Bertz CT molecular complexity index is 356. The van der Waals surface area contributed by atoms with Crippen molar-refractivity contribution in [1.82, 2.24) is 9.97 Å². The average Bonchev–Trinajstić information content (AvgIpc) is 2.36. The molecule has 0 bridgehead atoms. The van der Waals surface area contributed by atoms with Gasteiger partial charge >= 0.3 is 0 Å². The molecule has 0 aliphatic heterocycles. The van der Waals surface area contributed by atoms with Crippen molar-refractivity contribution >= 4 is 11.2 Å². The lowest BCUT2D eigenvalue weighted by atomic mass is 10.2. The van der Waals surface area contributed by atoms with E-state index in [9.17, 15) is 0 Å². The van der Waals surface area contributed by atoms with Crippen LogP contribution < -0.4 is 0 Å². The van der Waals surface area contributed by atoms with Gasteiger partial charge in [0.25, 0.3) is 0 Å². The van der Waals surface area contributed by atoms with Crippen molar-refractivity contribution in [3.05, 3.63) is 23.7 Å². The maximum Gasteiger partial charge on any atom is 0.198 e. The molecule has 0 aliphatic rings. The molecule has 0 radical (unpaired) electrons. The quantitative estimate of drug-likeness (QED) is 0.572. The Hall–Kier alpha value is -1.38. The van der Waals surface area contributed by atoms with Gasteiger partial charge in [-0.05, 0) is 25.5 Å². The zero-order chi connectivity index (χ0) is 7.84. The van der Waals surface area contributed by atoms with Crippen molar-refractivity contribution in [2.24, 2.45) is 0 Å². The lowest BCUT2D eigenvalue weighted by molar-refractivity contribution is 0.601. The lowest BCUT2D eigenvalue weighted by Crippen LogP contribution is -1.86. The van der Waals surface area contributed by atoms with Crippen LogP contribution in [0.3, 0.4) is 0 Å². The van der Waals surface area contributed by atoms with Gasteiger partial charge in [-0.25, -0.2) is 4.98 Å². The summed E-state index contributed by atoms with van der Waals surface area (Å²) in [6, 6.07) is 1.95. The zero-order valence-electron chi connectivity index (χ0n) is 6.46. The topological polar surface area (TPSA) is 38.9 Å². The normalized spacial score (nSPS) is 10.7. The summed E-state index contributed by atoms with van der Waals surface area (Å²) in [4.78, 5) is 8.17. The summed E-state index contributed by atoms with van der Waals surface area (Å²) >= 11 is 0. The van der Waals surface area contributed by atoms with Gasteiger partial charge in [-0.3, -0.25) is 0 Å². The Morgan fingerprint density at radius 1 is 1.36 bits per heavy atom. The third-order valence-electron chi connectivity index (χ3n) is 1.77. The summed E-state index contributed by atoms with van der Waals surface area (Å²) in [7, 11) is 0. The van der Waals surface area contributed by atoms with Crippen LogP contribution in [0.5, 0.6) is 0 Å². The first-order chi connectivity index (χ1) is 5.27. The number of rotatable bonds is 0. The van der Waals surface area contributed by atoms with E-state index in [1.165, 1.54) is 6.39 Å². The Labute approximate surface area is 64.1 Å². The minimum Gasteiger partial charge on any atom is -0.442 e. The standard InChI is InChI=1S/C8H8N2O/c1-5-3-7-8(9-4-11-7)10-6(5)2/h3-4H,1-2H3. The molecule has 11 heavy (non-hydrogen) atoms. The molecular weight excluding hydrogens is 140 g/mol. The van der Waals surface area contributed by atoms with E-state index in [0.29, 0.717) is 5.65 Å². The molecule has 0 unspecified atom stereocenters. The van der Waals surface area contributed by atoms with E-state index in [-0.39, 0.29) is 0 Å². The lowest BCUT2D eigenvalue weighted by Gasteiger charge is -1.95. The van der Waals surface area contributed by atoms with Crippen LogP contribution in [-0.4, -0.2) is 9.97 Å². The van der Waals surface area contributed by atoms with Gasteiger partial charge < -0.3 is 4.42 Å². The molecule has 0 saturated heterocycles. The minimum atomic E-state index is 0.688. The van der Waals surface area contributed by atoms with E-state index in [1.54, 1.807) is 0 Å². The summed E-state index contributed by atoms with van der Waals surface area (Å²) in [5.41, 5.74) is 3.59. The maximum atomic E-state index is 5.08. The first kappa shape index (κ1) is 6.34. The van der Waals surface area contributed by atoms with Gasteiger partial charge in [0.05, 0.1) is 0 Å². The van der Waals surface area contributed by atoms with Gasteiger partial charge in [0, 0.05) is 5.69 Å². The fourth-order valence-electron chi connectivity index (χ4n) is 0.980. The van der Waals surface area contributed by atoms with Gasteiger partial charge in [0.1, 0.15) is 0 Å². The second-order valence-electron chi connectivity index (χ2n) is 2.56. The van der Waals surface area contributed by atoms with Crippen LogP contribution in [0, 0.1) is 13.8 Å². The van der Waals surface area contributed by atoms with E-state index in [0.717, 1.165) is 16.8 Å². The van der Waals surface area contributed by atoms with Gasteiger partial charge in [0.15, 0.2) is 17.6 Å². The highest BCUT2D eigenvalue weighted by Crippen LogP contribution is 2.13. The predicted octanol–water partition coefficient (Wildman–Crippen LogP) is 1.84. The molecule has 0 spiro atoms. The van der Waals surface area contributed by atoms with Crippen molar-refractivity contribution in [2.45, 2.75) is 13.8 Å². The highest BCUT2D eigenvalue weighted by molar-refractivity contribution is 5.68. The first-order valence-electron chi connectivity index (χ1n) is 3.45. The van der Waals surface area contributed by atoms with Crippen LogP contribution in [0.1, 0.15) is 11.3 Å². The van der Waals surface area contributed by atoms with Crippen molar-refractivity contribution in [3.63, 3.8) is 0 Å². The molecule has 0 amide bonds. The Balaban J connectivity index is 2.86. The van der Waals surface area contributed by atoms with Crippen LogP contribution in [0.4, 0.5) is 0 Å². The highest BCUT2D eigenvalue weighted by atomic mass is 16.3. The summed E-state index contributed by atoms with van der Waals surface area (Å²) in [6.07, 6.45) is 1.41. The Morgan fingerprint density at radius 3 is 3.00 bits per heavy atom. The largest absolute Gasteiger partial charge is 0.442 e. The number of hydrogen-bond donors (Lipinski definition) is 0. The third-order valence-corrected chi connectivity index (χ3v) is 1.77. The van der Waals surface area contributed by atoms with E-state index in [4.69, 9.17) is 4.42 Å². The number of hydrogen-bond acceptors (Lipinski definition) is 3. The molecule has 2 aromatic heterocycles. The van der Waals surface area contributed by atoms with Crippen LogP contribution in [0.25, 0.3) is 11.2 Å². The van der Waals surface area contributed by atoms with Crippen LogP contribution in [0.15, 0.2) is 16.9 Å². The number of aromatic nitrogens is 2. The average molecular weight is 148 g/mol. The summed E-state index contributed by atoms with van der Waals surface area (Å²) in [5, 5.41) is 0. The smallest absolute Gasteiger partial charge is 0.198 e. The number of fused-ring (bicyclic) bond motifs is 1. The zero-order valence-corrected chi connectivity index (χ0v) is 6.46. The molecule has 3 heteroatoms.